The Morgan fingerprint density at radius 3 is 2.08 bits per heavy atom. The number of anilines is 1. The summed E-state index contributed by atoms with van der Waals surface area (Å²) in [6.07, 6.45) is 0. The highest BCUT2D eigenvalue weighted by atomic mass is 32.2. The van der Waals surface area contributed by atoms with Crippen LogP contribution in [0.2, 0.25) is 0 Å². The first-order valence-electron chi connectivity index (χ1n) is 7.21. The molecule has 124 valence electrons. The van der Waals surface area contributed by atoms with Crippen LogP contribution >= 0.6 is 11.8 Å². The van der Waals surface area contributed by atoms with Gasteiger partial charge in [-0.3, -0.25) is 14.4 Å². The number of amides is 1. The standard InChI is InChI=1S/C18H17NO4S/c1-12(20)24-11-17(21)13-3-7-15(8-4-13)19-18(22)14-5-9-16(23-2)10-6-14/h3-10H,11H2,1-2H3,(H,19,22). The molecule has 0 heterocycles. The highest BCUT2D eigenvalue weighted by Crippen LogP contribution is 2.15. The normalized spacial score (nSPS) is 10.1. The summed E-state index contributed by atoms with van der Waals surface area (Å²) >= 11 is 0.981. The fourth-order valence-corrected chi connectivity index (χ4v) is 2.44. The van der Waals surface area contributed by atoms with Gasteiger partial charge in [-0.1, -0.05) is 11.8 Å². The summed E-state index contributed by atoms with van der Waals surface area (Å²) in [6, 6.07) is 13.3. The van der Waals surface area contributed by atoms with Crippen LogP contribution in [0.5, 0.6) is 5.75 Å². The zero-order valence-corrected chi connectivity index (χ0v) is 14.2. The van der Waals surface area contributed by atoms with E-state index in [9.17, 15) is 14.4 Å². The number of nitrogens with one attached hydrogen (secondary N) is 1. The van der Waals surface area contributed by atoms with Gasteiger partial charge in [-0.15, -0.1) is 0 Å². The Hall–Kier alpha value is -2.60. The third-order valence-electron chi connectivity index (χ3n) is 3.22. The Morgan fingerprint density at radius 1 is 0.958 bits per heavy atom. The van der Waals surface area contributed by atoms with E-state index in [2.05, 4.69) is 5.32 Å². The maximum Gasteiger partial charge on any atom is 0.255 e. The van der Waals surface area contributed by atoms with Crippen LogP contribution < -0.4 is 10.1 Å². The van der Waals surface area contributed by atoms with Crippen molar-refractivity contribution in [1.82, 2.24) is 0 Å². The van der Waals surface area contributed by atoms with Gasteiger partial charge < -0.3 is 10.1 Å². The largest absolute Gasteiger partial charge is 0.497 e. The summed E-state index contributed by atoms with van der Waals surface area (Å²) in [5.74, 6) is 0.428. The third-order valence-corrected chi connectivity index (χ3v) is 4.04. The van der Waals surface area contributed by atoms with Crippen LogP contribution in [0.4, 0.5) is 5.69 Å². The van der Waals surface area contributed by atoms with Gasteiger partial charge in [0.2, 0.25) is 0 Å². The van der Waals surface area contributed by atoms with E-state index in [4.69, 9.17) is 4.74 Å². The quantitative estimate of drug-likeness (QED) is 0.814. The van der Waals surface area contributed by atoms with Crippen molar-refractivity contribution in [1.29, 1.82) is 0 Å². The second-order valence-corrected chi connectivity index (χ2v) is 6.12. The van der Waals surface area contributed by atoms with E-state index in [1.807, 2.05) is 0 Å². The Balaban J connectivity index is 1.98. The Morgan fingerprint density at radius 2 is 1.54 bits per heavy atom. The van der Waals surface area contributed by atoms with Gasteiger partial charge in [0.25, 0.3) is 5.91 Å². The summed E-state index contributed by atoms with van der Waals surface area (Å²) in [6.45, 7) is 1.43. The lowest BCUT2D eigenvalue weighted by Crippen LogP contribution is -2.12. The van der Waals surface area contributed by atoms with Gasteiger partial charge >= 0.3 is 0 Å². The summed E-state index contributed by atoms with van der Waals surface area (Å²) < 4.78 is 5.05. The van der Waals surface area contributed by atoms with Crippen molar-refractivity contribution in [3.8, 4) is 5.75 Å². The van der Waals surface area contributed by atoms with Crippen LogP contribution in [0.15, 0.2) is 48.5 Å². The Bertz CT molecular complexity index is 739. The Labute approximate surface area is 144 Å². The molecule has 0 aromatic heterocycles. The summed E-state index contributed by atoms with van der Waals surface area (Å²) in [5, 5.41) is 2.67. The average Bonchev–Trinajstić information content (AvgIpc) is 2.60. The minimum Gasteiger partial charge on any atom is -0.497 e. The molecule has 6 heteroatoms. The lowest BCUT2D eigenvalue weighted by atomic mass is 10.1. The topological polar surface area (TPSA) is 72.5 Å². The molecule has 0 saturated heterocycles. The fraction of sp³-hybridized carbons (Fsp3) is 0.167. The number of benzene rings is 2. The van der Waals surface area contributed by atoms with Crippen LogP contribution in [-0.2, 0) is 4.79 Å². The SMILES string of the molecule is COc1ccc(C(=O)Nc2ccc(C(=O)CSC(C)=O)cc2)cc1. The molecule has 0 aliphatic heterocycles. The highest BCUT2D eigenvalue weighted by Gasteiger charge is 2.09. The van der Waals surface area contributed by atoms with Crippen LogP contribution in [0.1, 0.15) is 27.6 Å². The van der Waals surface area contributed by atoms with E-state index in [-0.39, 0.29) is 22.6 Å². The van der Waals surface area contributed by atoms with Gasteiger partial charge in [-0.2, -0.15) is 0 Å². The second kappa shape index (κ2) is 8.31. The average molecular weight is 343 g/mol. The molecule has 0 spiro atoms. The fourth-order valence-electron chi connectivity index (χ4n) is 1.94. The molecule has 5 nitrogen and oxygen atoms in total. The Kier molecular flexibility index (Phi) is 6.14. The summed E-state index contributed by atoms with van der Waals surface area (Å²) in [4.78, 5) is 34.9. The van der Waals surface area contributed by atoms with Crippen molar-refractivity contribution in [3.05, 3.63) is 59.7 Å². The first kappa shape index (κ1) is 17.7. The zero-order valence-electron chi connectivity index (χ0n) is 13.4. The van der Waals surface area contributed by atoms with E-state index >= 15 is 0 Å². The number of ether oxygens (including phenoxy) is 1. The lowest BCUT2D eigenvalue weighted by Gasteiger charge is -2.07. The van der Waals surface area contributed by atoms with Gasteiger partial charge in [0.15, 0.2) is 10.9 Å². The molecule has 0 radical (unpaired) electrons. The van der Waals surface area contributed by atoms with Crippen LogP contribution in [0.3, 0.4) is 0 Å². The molecule has 0 unspecified atom stereocenters. The molecule has 1 amide bonds. The molecule has 0 aliphatic carbocycles. The van der Waals surface area contributed by atoms with Gasteiger partial charge in [-0.05, 0) is 48.5 Å². The molecule has 2 aromatic carbocycles. The van der Waals surface area contributed by atoms with Crippen molar-refractivity contribution in [2.24, 2.45) is 0 Å². The number of rotatable bonds is 6. The molecule has 0 bridgehead atoms. The van der Waals surface area contributed by atoms with Gasteiger partial charge in [0.05, 0.1) is 12.9 Å². The van der Waals surface area contributed by atoms with Gasteiger partial charge in [0, 0.05) is 23.7 Å². The number of Topliss-reactive ketones (excluding diaryl/α,β-unsaturated/α-hetero) is 1. The molecule has 0 aliphatic rings. The van der Waals surface area contributed by atoms with Crippen molar-refractivity contribution in [2.45, 2.75) is 6.92 Å². The van der Waals surface area contributed by atoms with Gasteiger partial charge in [0.1, 0.15) is 5.75 Å². The summed E-state index contributed by atoms with van der Waals surface area (Å²) in [5.41, 5.74) is 1.60. The number of hydrogen-bond acceptors (Lipinski definition) is 5. The molecule has 1 N–H and O–H groups in total. The predicted molar refractivity (Wildman–Crippen MR) is 94.9 cm³/mol. The van der Waals surface area contributed by atoms with E-state index in [0.717, 1.165) is 11.8 Å². The number of thioether (sulfide) groups is 1. The molecule has 0 fully saturated rings. The number of methoxy groups -OCH3 is 1. The molecule has 2 aromatic rings. The van der Waals surface area contributed by atoms with E-state index < -0.39 is 0 Å². The monoisotopic (exact) mass is 343 g/mol. The second-order valence-electron chi connectivity index (χ2n) is 4.96. The van der Waals surface area contributed by atoms with Crippen LogP contribution in [0.25, 0.3) is 0 Å². The molecule has 24 heavy (non-hydrogen) atoms. The predicted octanol–water partition coefficient (Wildman–Crippen LogP) is 3.41. The molecule has 0 atom stereocenters. The maximum atomic E-state index is 12.2. The first-order chi connectivity index (χ1) is 11.5. The zero-order chi connectivity index (χ0) is 17.5. The van der Waals surface area contributed by atoms with Crippen LogP contribution in [-0.4, -0.2) is 29.7 Å². The van der Waals surface area contributed by atoms with E-state index in [1.54, 1.807) is 55.6 Å². The van der Waals surface area contributed by atoms with Crippen molar-refractivity contribution in [2.75, 3.05) is 18.2 Å². The highest BCUT2D eigenvalue weighted by molar-refractivity contribution is 8.14. The number of carbonyl (C=O) groups is 3. The first-order valence-corrected chi connectivity index (χ1v) is 8.20. The maximum absolute atomic E-state index is 12.2. The smallest absolute Gasteiger partial charge is 0.255 e. The van der Waals surface area contributed by atoms with E-state index in [1.165, 1.54) is 6.92 Å². The van der Waals surface area contributed by atoms with Gasteiger partial charge in [-0.25, -0.2) is 0 Å². The molecular weight excluding hydrogens is 326 g/mol. The third kappa shape index (κ3) is 4.96. The number of ketones is 1. The van der Waals surface area contributed by atoms with Crippen LogP contribution in [0, 0.1) is 0 Å². The number of carbonyl (C=O) groups excluding carboxylic acids is 3. The van der Waals surface area contributed by atoms with E-state index in [0.29, 0.717) is 22.6 Å². The molecule has 2 rings (SSSR count). The number of hydrogen-bond donors (Lipinski definition) is 1. The summed E-state index contributed by atoms with van der Waals surface area (Å²) in [7, 11) is 1.56. The van der Waals surface area contributed by atoms with Crippen molar-refractivity contribution >= 4 is 34.3 Å². The molecular formula is C18H17NO4S. The van der Waals surface area contributed by atoms with Crippen molar-refractivity contribution in [3.63, 3.8) is 0 Å². The minimum atomic E-state index is -0.246. The lowest BCUT2D eigenvalue weighted by molar-refractivity contribution is -0.109. The molecule has 0 saturated carbocycles. The minimum absolute atomic E-state index is 0.0910. The van der Waals surface area contributed by atoms with Crippen molar-refractivity contribution < 1.29 is 19.1 Å².